The fraction of sp³-hybridized carbons (Fsp3) is 0.950. The largest absolute Gasteiger partial charge is 0.394 e. The first-order valence-corrected chi connectivity index (χ1v) is 26.9. The topological polar surface area (TPSA) is 27.7 Å². The highest BCUT2D eigenvalue weighted by Crippen LogP contribution is 2.27. The fourth-order valence-corrected chi connectivity index (χ4v) is 9.86. The average molecular weight is 782 g/mol. The Morgan fingerprint density at radius 2 is 0.979 bits per heavy atom. The van der Waals surface area contributed by atoms with Crippen LogP contribution in [0.5, 0.6) is 0 Å². The van der Waals surface area contributed by atoms with Gasteiger partial charge in [0, 0.05) is 24.3 Å². The van der Waals surface area contributed by atoms with E-state index < -0.39 is 8.56 Å². The molecular formula is C40H81BrO3S2Si. The Hall–Kier alpha value is 1.02. The monoisotopic (exact) mass is 780 g/mol. The van der Waals surface area contributed by atoms with Crippen LogP contribution < -0.4 is 0 Å². The van der Waals surface area contributed by atoms with Crippen LogP contribution in [0.1, 0.15) is 194 Å². The maximum absolute atomic E-state index is 6.55. The van der Waals surface area contributed by atoms with Gasteiger partial charge in [0.1, 0.15) is 0 Å². The summed E-state index contributed by atoms with van der Waals surface area (Å²) in [6, 6.07) is 0. The smallest absolute Gasteiger partial charge is 0.333 e. The quantitative estimate of drug-likeness (QED) is 0.0154. The van der Waals surface area contributed by atoms with Crippen LogP contribution in [0.3, 0.4) is 0 Å². The molecule has 0 spiro atoms. The third-order valence-electron chi connectivity index (χ3n) is 8.72. The SMILES string of the molecule is CCCCCCCC/C=C\CCCCCCCCOC(CSSCCCCCCCCCCCC)O[Si](C)(C)OCCCCCCBr. The van der Waals surface area contributed by atoms with Crippen molar-refractivity contribution >= 4 is 46.1 Å². The highest BCUT2D eigenvalue weighted by Gasteiger charge is 2.29. The molecule has 47 heavy (non-hydrogen) atoms. The second-order valence-electron chi connectivity index (χ2n) is 14.0. The molecule has 0 aromatic carbocycles. The van der Waals surface area contributed by atoms with Gasteiger partial charge in [-0.1, -0.05) is 192 Å². The van der Waals surface area contributed by atoms with E-state index in [4.69, 9.17) is 13.6 Å². The molecule has 3 nitrogen and oxygen atoms in total. The van der Waals surface area contributed by atoms with Crippen LogP contribution in [0.15, 0.2) is 12.2 Å². The van der Waals surface area contributed by atoms with Gasteiger partial charge in [-0.05, 0) is 64.5 Å². The summed E-state index contributed by atoms with van der Waals surface area (Å²) in [6.07, 6.45) is 42.2. The summed E-state index contributed by atoms with van der Waals surface area (Å²) in [5.41, 5.74) is 0. The number of alkyl halides is 1. The lowest BCUT2D eigenvalue weighted by Crippen LogP contribution is -2.41. The predicted octanol–water partition coefficient (Wildman–Crippen LogP) is 15.4. The Bertz CT molecular complexity index is 626. The van der Waals surface area contributed by atoms with Crippen LogP contribution in [-0.2, 0) is 13.6 Å². The lowest BCUT2D eigenvalue weighted by molar-refractivity contribution is -0.0829. The highest BCUT2D eigenvalue weighted by atomic mass is 79.9. The maximum atomic E-state index is 6.55. The van der Waals surface area contributed by atoms with Gasteiger partial charge in [-0.2, -0.15) is 0 Å². The molecule has 0 bridgehead atoms. The van der Waals surface area contributed by atoms with Crippen molar-refractivity contribution in [3.8, 4) is 0 Å². The first kappa shape index (κ1) is 48.0. The summed E-state index contributed by atoms with van der Waals surface area (Å²) >= 11 is 3.53. The van der Waals surface area contributed by atoms with Gasteiger partial charge in [0.05, 0.1) is 5.75 Å². The minimum atomic E-state index is -2.21. The Labute approximate surface area is 313 Å². The molecule has 0 aromatic heterocycles. The molecule has 0 rings (SSSR count). The standard InChI is InChI=1S/C40H81BrO3S2Si/c1-5-7-9-11-13-15-17-18-19-20-21-22-23-25-28-32-36-42-40(44-47(3,4)43-37-33-29-27-31-35-41)39-46-45-38-34-30-26-24-16-14-12-10-8-6-2/h18-19,40H,5-17,20-39H2,1-4H3/b19-18-. The van der Waals surface area contributed by atoms with E-state index in [9.17, 15) is 0 Å². The van der Waals surface area contributed by atoms with Gasteiger partial charge in [-0.3, -0.25) is 0 Å². The summed E-state index contributed by atoms with van der Waals surface area (Å²) in [4.78, 5) is 0. The Morgan fingerprint density at radius 1 is 0.532 bits per heavy atom. The van der Waals surface area contributed by atoms with Crippen molar-refractivity contribution in [3.63, 3.8) is 0 Å². The van der Waals surface area contributed by atoms with Gasteiger partial charge >= 0.3 is 8.56 Å². The molecule has 0 heterocycles. The van der Waals surface area contributed by atoms with Crippen molar-refractivity contribution in [2.24, 2.45) is 0 Å². The number of allylic oxidation sites excluding steroid dienone is 2. The molecule has 0 amide bonds. The molecule has 0 N–H and O–H groups in total. The highest BCUT2D eigenvalue weighted by molar-refractivity contribution is 9.09. The zero-order valence-electron chi connectivity index (χ0n) is 32.0. The fourth-order valence-electron chi connectivity index (χ4n) is 5.71. The number of hydrogen-bond donors (Lipinski definition) is 0. The molecule has 0 aliphatic heterocycles. The lowest BCUT2D eigenvalue weighted by Gasteiger charge is -2.29. The molecule has 1 atom stereocenters. The third kappa shape index (κ3) is 39.7. The van der Waals surface area contributed by atoms with E-state index in [2.05, 4.69) is 55.0 Å². The number of unbranched alkanes of at least 4 members (excludes halogenated alkanes) is 24. The molecular weight excluding hydrogens is 701 g/mol. The van der Waals surface area contributed by atoms with Gasteiger partial charge in [0.15, 0.2) is 6.29 Å². The van der Waals surface area contributed by atoms with Gasteiger partial charge in [-0.25, -0.2) is 0 Å². The van der Waals surface area contributed by atoms with E-state index in [1.54, 1.807) is 0 Å². The molecule has 0 radical (unpaired) electrons. The van der Waals surface area contributed by atoms with E-state index in [1.807, 2.05) is 21.6 Å². The van der Waals surface area contributed by atoms with Crippen LogP contribution in [0.2, 0.25) is 13.1 Å². The van der Waals surface area contributed by atoms with E-state index in [-0.39, 0.29) is 6.29 Å². The number of ether oxygens (including phenoxy) is 1. The zero-order valence-corrected chi connectivity index (χ0v) is 36.2. The molecule has 0 saturated carbocycles. The Kier molecular flexibility index (Phi) is 40.7. The predicted molar refractivity (Wildman–Crippen MR) is 223 cm³/mol. The number of rotatable bonds is 40. The maximum Gasteiger partial charge on any atom is 0.333 e. The number of hydrogen-bond acceptors (Lipinski definition) is 5. The summed E-state index contributed by atoms with van der Waals surface area (Å²) in [5.74, 6) is 2.12. The molecule has 0 aliphatic carbocycles. The minimum Gasteiger partial charge on any atom is -0.394 e. The molecule has 7 heteroatoms. The molecule has 0 saturated heterocycles. The summed E-state index contributed by atoms with van der Waals surface area (Å²) in [6.45, 7) is 10.6. The Morgan fingerprint density at radius 3 is 1.51 bits per heavy atom. The van der Waals surface area contributed by atoms with Crippen LogP contribution in [-0.4, -0.2) is 44.9 Å². The summed E-state index contributed by atoms with van der Waals surface area (Å²) in [5, 5.41) is 1.10. The van der Waals surface area contributed by atoms with Crippen LogP contribution in [0.4, 0.5) is 0 Å². The number of halogens is 1. The van der Waals surface area contributed by atoms with Crippen molar-refractivity contribution in [1.82, 2.24) is 0 Å². The van der Waals surface area contributed by atoms with Crippen molar-refractivity contribution in [1.29, 1.82) is 0 Å². The van der Waals surface area contributed by atoms with E-state index in [1.165, 1.54) is 173 Å². The van der Waals surface area contributed by atoms with Gasteiger partial charge in [0.25, 0.3) is 0 Å². The molecule has 0 fully saturated rings. The normalized spacial score (nSPS) is 12.9. The van der Waals surface area contributed by atoms with Gasteiger partial charge in [-0.15, -0.1) is 0 Å². The van der Waals surface area contributed by atoms with E-state index >= 15 is 0 Å². The summed E-state index contributed by atoms with van der Waals surface area (Å²) in [7, 11) is 1.72. The lowest BCUT2D eigenvalue weighted by atomic mass is 10.1. The van der Waals surface area contributed by atoms with Crippen LogP contribution in [0, 0.1) is 0 Å². The zero-order chi connectivity index (χ0) is 34.4. The van der Waals surface area contributed by atoms with E-state index in [0.29, 0.717) is 0 Å². The third-order valence-corrected chi connectivity index (χ3v) is 13.5. The molecule has 0 aliphatic rings. The van der Waals surface area contributed by atoms with E-state index in [0.717, 1.165) is 37.1 Å². The molecule has 282 valence electrons. The summed E-state index contributed by atoms with van der Waals surface area (Å²) < 4.78 is 19.2. The van der Waals surface area contributed by atoms with Gasteiger partial charge < -0.3 is 13.6 Å². The van der Waals surface area contributed by atoms with Crippen molar-refractivity contribution in [2.45, 2.75) is 213 Å². The van der Waals surface area contributed by atoms with Crippen LogP contribution in [0.25, 0.3) is 0 Å². The first-order valence-electron chi connectivity index (χ1n) is 20.4. The van der Waals surface area contributed by atoms with Crippen molar-refractivity contribution in [3.05, 3.63) is 12.2 Å². The van der Waals surface area contributed by atoms with Crippen molar-refractivity contribution < 1.29 is 13.6 Å². The first-order chi connectivity index (χ1) is 23.1. The molecule has 0 aromatic rings. The average Bonchev–Trinajstić information content (AvgIpc) is 3.06. The Balaban J connectivity index is 4.10. The van der Waals surface area contributed by atoms with Crippen LogP contribution >= 0.6 is 37.5 Å². The van der Waals surface area contributed by atoms with Crippen molar-refractivity contribution in [2.75, 3.05) is 30.0 Å². The van der Waals surface area contributed by atoms with Gasteiger partial charge in [0.2, 0.25) is 0 Å². The second-order valence-corrected chi connectivity index (χ2v) is 20.7. The second kappa shape index (κ2) is 39.8. The minimum absolute atomic E-state index is 0.154. The molecule has 1 unspecified atom stereocenters.